The van der Waals surface area contributed by atoms with Crippen LogP contribution in [0.3, 0.4) is 0 Å². The molecule has 0 fully saturated rings. The second-order valence-electron chi connectivity index (χ2n) is 7.68. The van der Waals surface area contributed by atoms with E-state index in [9.17, 15) is 14.4 Å². The van der Waals surface area contributed by atoms with Crippen LogP contribution in [0.5, 0.6) is 5.75 Å². The fourth-order valence-electron chi connectivity index (χ4n) is 4.03. The summed E-state index contributed by atoms with van der Waals surface area (Å²) in [6.07, 6.45) is 0.0784. The van der Waals surface area contributed by atoms with Crippen molar-refractivity contribution < 1.29 is 28.3 Å². The van der Waals surface area contributed by atoms with Gasteiger partial charge in [-0.15, -0.1) is 0 Å². The minimum atomic E-state index is -0.917. The molecule has 8 nitrogen and oxygen atoms in total. The fourth-order valence-corrected chi connectivity index (χ4v) is 4.03. The average Bonchev–Trinajstić information content (AvgIpc) is 3.29. The molecule has 3 aromatic rings. The van der Waals surface area contributed by atoms with Gasteiger partial charge in [-0.3, -0.25) is 14.4 Å². The Morgan fingerprint density at radius 3 is 2.69 bits per heavy atom. The van der Waals surface area contributed by atoms with E-state index in [1.807, 2.05) is 31.2 Å². The number of carbonyl (C=O) groups excluding carboxylic acids is 3. The Labute approximate surface area is 184 Å². The molecule has 1 aliphatic heterocycles. The maximum absolute atomic E-state index is 13.0. The number of esters is 1. The number of methoxy groups -OCH3 is 1. The molecule has 8 heteroatoms. The van der Waals surface area contributed by atoms with Gasteiger partial charge >= 0.3 is 5.97 Å². The Morgan fingerprint density at radius 1 is 1.19 bits per heavy atom. The maximum Gasteiger partial charge on any atom is 0.305 e. The highest BCUT2D eigenvalue weighted by Gasteiger charge is 2.37. The Balaban J connectivity index is 1.54. The Hall–Kier alpha value is -3.81. The third-order valence-corrected chi connectivity index (χ3v) is 5.81. The lowest BCUT2D eigenvalue weighted by molar-refractivity contribution is -0.141. The summed E-state index contributed by atoms with van der Waals surface area (Å²) in [6, 6.07) is 12.0. The van der Waals surface area contributed by atoms with E-state index in [0.717, 1.165) is 16.5 Å². The molecule has 1 unspecified atom stereocenters. The number of hydrogen-bond acceptors (Lipinski definition) is 6. The largest absolute Gasteiger partial charge is 0.485 e. The zero-order valence-electron chi connectivity index (χ0n) is 17.9. The first-order valence-electron chi connectivity index (χ1n) is 10.3. The summed E-state index contributed by atoms with van der Waals surface area (Å²) < 4.78 is 16.6. The van der Waals surface area contributed by atoms with Crippen molar-refractivity contribution in [1.82, 2.24) is 4.90 Å². The second kappa shape index (κ2) is 8.74. The van der Waals surface area contributed by atoms with Crippen LogP contribution in [0.15, 0.2) is 46.9 Å². The number of nitrogens with zero attached hydrogens (tertiary/aromatic N) is 1. The molecule has 1 atom stereocenters. The monoisotopic (exact) mass is 436 g/mol. The van der Waals surface area contributed by atoms with Gasteiger partial charge in [-0.1, -0.05) is 24.3 Å². The molecule has 2 heterocycles. The smallest absolute Gasteiger partial charge is 0.305 e. The summed E-state index contributed by atoms with van der Waals surface area (Å²) in [4.78, 5) is 37.9. The molecule has 0 bridgehead atoms. The first-order chi connectivity index (χ1) is 15.4. The van der Waals surface area contributed by atoms with Crippen LogP contribution in [-0.4, -0.2) is 35.8 Å². The quantitative estimate of drug-likeness (QED) is 0.543. The van der Waals surface area contributed by atoms with E-state index in [1.54, 1.807) is 18.2 Å². The Bertz CT molecular complexity index is 1200. The van der Waals surface area contributed by atoms with Crippen molar-refractivity contribution >= 4 is 28.8 Å². The summed E-state index contributed by atoms with van der Waals surface area (Å²) in [7, 11) is 1.27. The zero-order valence-corrected chi connectivity index (χ0v) is 17.9. The first kappa shape index (κ1) is 21.4. The van der Waals surface area contributed by atoms with Gasteiger partial charge in [0.1, 0.15) is 29.7 Å². The van der Waals surface area contributed by atoms with Gasteiger partial charge in [-0.25, -0.2) is 0 Å². The molecular weight excluding hydrogens is 412 g/mol. The topological polar surface area (TPSA) is 112 Å². The fraction of sp³-hybridized carbons (Fsp3) is 0.292. The standard InChI is InChI=1S/C24H24N2O6/c1-14-15-6-3-4-8-20(15)32-21(14)13-31-19-9-5-7-16-17(19)12-26(24(16)29)18(23(25)28)10-11-22(27)30-2/h3-9,18H,10-13H2,1-2H3,(H2,25,28). The lowest BCUT2D eigenvalue weighted by Crippen LogP contribution is -2.45. The van der Waals surface area contributed by atoms with E-state index in [2.05, 4.69) is 4.74 Å². The number of para-hydroxylation sites is 1. The SMILES string of the molecule is COC(=O)CCC(C(N)=O)N1Cc2c(OCc3oc4ccccc4c3C)cccc2C1=O. The van der Waals surface area contributed by atoms with Gasteiger partial charge in [-0.2, -0.15) is 0 Å². The minimum Gasteiger partial charge on any atom is -0.485 e. The lowest BCUT2D eigenvalue weighted by atomic mass is 10.1. The van der Waals surface area contributed by atoms with Crippen molar-refractivity contribution in [2.24, 2.45) is 5.73 Å². The molecule has 166 valence electrons. The van der Waals surface area contributed by atoms with E-state index in [0.29, 0.717) is 22.6 Å². The van der Waals surface area contributed by atoms with Crippen molar-refractivity contribution in [2.45, 2.75) is 39.0 Å². The molecule has 32 heavy (non-hydrogen) atoms. The number of ether oxygens (including phenoxy) is 2. The van der Waals surface area contributed by atoms with Crippen LogP contribution >= 0.6 is 0 Å². The van der Waals surface area contributed by atoms with Gasteiger partial charge in [0.05, 0.1) is 13.7 Å². The highest BCUT2D eigenvalue weighted by molar-refractivity contribution is 6.01. The van der Waals surface area contributed by atoms with Gasteiger partial charge in [0.15, 0.2) is 0 Å². The van der Waals surface area contributed by atoms with Crippen molar-refractivity contribution in [3.63, 3.8) is 0 Å². The molecule has 2 N–H and O–H groups in total. The van der Waals surface area contributed by atoms with Gasteiger partial charge in [0.2, 0.25) is 5.91 Å². The molecule has 0 spiro atoms. The number of amides is 2. The van der Waals surface area contributed by atoms with E-state index in [-0.39, 0.29) is 31.9 Å². The second-order valence-corrected chi connectivity index (χ2v) is 7.68. The Kier molecular flexibility index (Phi) is 5.85. The Morgan fingerprint density at radius 2 is 1.97 bits per heavy atom. The number of rotatable bonds is 8. The molecule has 1 aromatic heterocycles. The van der Waals surface area contributed by atoms with Crippen molar-refractivity contribution in [1.29, 1.82) is 0 Å². The van der Waals surface area contributed by atoms with Crippen LogP contribution in [0.25, 0.3) is 11.0 Å². The molecule has 0 saturated carbocycles. The van der Waals surface area contributed by atoms with E-state index in [1.165, 1.54) is 12.0 Å². The molecule has 2 amide bonds. The van der Waals surface area contributed by atoms with Gasteiger partial charge in [0.25, 0.3) is 5.91 Å². The summed E-state index contributed by atoms with van der Waals surface area (Å²) >= 11 is 0. The van der Waals surface area contributed by atoms with Crippen LogP contribution in [-0.2, 0) is 27.5 Å². The third-order valence-electron chi connectivity index (χ3n) is 5.81. The third kappa shape index (κ3) is 3.91. The number of fused-ring (bicyclic) bond motifs is 2. The lowest BCUT2D eigenvalue weighted by Gasteiger charge is -2.24. The molecule has 0 radical (unpaired) electrons. The number of nitrogens with two attached hydrogens (primary N) is 1. The van der Waals surface area contributed by atoms with E-state index < -0.39 is 17.9 Å². The normalized spacial score (nSPS) is 13.8. The number of primary amides is 1. The van der Waals surface area contributed by atoms with Crippen LogP contribution in [0, 0.1) is 6.92 Å². The number of carbonyl (C=O) groups is 3. The minimum absolute atomic E-state index is 0.0150. The molecule has 4 rings (SSSR count). The zero-order chi connectivity index (χ0) is 22.8. The molecule has 0 aliphatic carbocycles. The number of furan rings is 1. The summed E-state index contributed by atoms with van der Waals surface area (Å²) in [5.41, 5.74) is 8.46. The predicted molar refractivity (Wildman–Crippen MR) is 116 cm³/mol. The van der Waals surface area contributed by atoms with Gasteiger partial charge in [0, 0.05) is 28.5 Å². The summed E-state index contributed by atoms with van der Waals surface area (Å²) in [6.45, 7) is 2.34. The summed E-state index contributed by atoms with van der Waals surface area (Å²) in [5.74, 6) is -0.215. The van der Waals surface area contributed by atoms with Gasteiger partial charge in [-0.05, 0) is 31.5 Å². The molecular formula is C24H24N2O6. The van der Waals surface area contributed by atoms with Crippen LogP contribution in [0.2, 0.25) is 0 Å². The van der Waals surface area contributed by atoms with Crippen LogP contribution < -0.4 is 10.5 Å². The van der Waals surface area contributed by atoms with E-state index in [4.69, 9.17) is 14.9 Å². The van der Waals surface area contributed by atoms with Crippen LogP contribution in [0.1, 0.15) is 40.1 Å². The van der Waals surface area contributed by atoms with Crippen molar-refractivity contribution in [3.8, 4) is 5.75 Å². The first-order valence-corrected chi connectivity index (χ1v) is 10.3. The van der Waals surface area contributed by atoms with Crippen molar-refractivity contribution in [2.75, 3.05) is 7.11 Å². The molecule has 0 saturated heterocycles. The average molecular weight is 436 g/mol. The highest BCUT2D eigenvalue weighted by Crippen LogP contribution is 2.34. The summed E-state index contributed by atoms with van der Waals surface area (Å²) in [5, 5.41) is 1.03. The van der Waals surface area contributed by atoms with Gasteiger partial charge < -0.3 is 24.5 Å². The van der Waals surface area contributed by atoms with Crippen LogP contribution in [0.4, 0.5) is 0 Å². The maximum atomic E-state index is 13.0. The molecule has 1 aliphatic rings. The highest BCUT2D eigenvalue weighted by atomic mass is 16.5. The number of hydrogen-bond donors (Lipinski definition) is 1. The number of aryl methyl sites for hydroxylation is 1. The van der Waals surface area contributed by atoms with Crippen molar-refractivity contribution in [3.05, 3.63) is 64.9 Å². The predicted octanol–water partition coefficient (Wildman–Crippen LogP) is 3.08. The number of benzene rings is 2. The van der Waals surface area contributed by atoms with E-state index >= 15 is 0 Å². The molecule has 2 aromatic carbocycles.